The third-order valence-electron chi connectivity index (χ3n) is 11.6. The molecule has 0 saturated heterocycles. The lowest BCUT2D eigenvalue weighted by Crippen LogP contribution is -2.60. The largest absolute Gasteiger partial charge is 0.508 e. The van der Waals surface area contributed by atoms with Crippen LogP contribution in [0.15, 0.2) is 85.1 Å². The van der Waals surface area contributed by atoms with E-state index < -0.39 is 96.2 Å². The number of alkyl carbamates (subject to hydrolysis) is 1. The molecule has 71 heavy (non-hydrogen) atoms. The molecule has 386 valence electrons. The summed E-state index contributed by atoms with van der Waals surface area (Å²) in [6.07, 6.45) is -1.37. The molecule has 1 aromatic heterocycles. The Hall–Kier alpha value is -7.03. The van der Waals surface area contributed by atoms with Crippen LogP contribution in [-0.4, -0.2) is 141 Å². The molecular weight excluding hydrogens is 917 g/mol. The molecule has 1 heterocycles. The molecular formula is C51H70N8O12. The second kappa shape index (κ2) is 27.4. The highest BCUT2D eigenvalue weighted by atomic mass is 16.6. The number of phenols is 1. The molecule has 0 radical (unpaired) electrons. The summed E-state index contributed by atoms with van der Waals surface area (Å²) in [4.78, 5) is 99.7. The van der Waals surface area contributed by atoms with E-state index in [0.717, 1.165) is 21.4 Å². The van der Waals surface area contributed by atoms with Gasteiger partial charge in [-0.3, -0.25) is 28.8 Å². The van der Waals surface area contributed by atoms with Gasteiger partial charge in [0.25, 0.3) is 0 Å². The van der Waals surface area contributed by atoms with Gasteiger partial charge in [0.1, 0.15) is 35.5 Å². The van der Waals surface area contributed by atoms with Crippen molar-refractivity contribution in [3.63, 3.8) is 0 Å². The van der Waals surface area contributed by atoms with E-state index in [1.807, 2.05) is 48.5 Å². The van der Waals surface area contributed by atoms with Crippen LogP contribution in [-0.2, 0) is 52.8 Å². The van der Waals surface area contributed by atoms with E-state index in [-0.39, 0.29) is 44.4 Å². The van der Waals surface area contributed by atoms with Crippen LogP contribution < -0.4 is 31.9 Å². The maximum absolute atomic E-state index is 14.7. The number of ether oxygens (including phenoxy) is 1. The van der Waals surface area contributed by atoms with Gasteiger partial charge in [-0.05, 0) is 95.3 Å². The van der Waals surface area contributed by atoms with Gasteiger partial charge < -0.3 is 66.9 Å². The molecule has 0 spiro atoms. The lowest BCUT2D eigenvalue weighted by molar-refractivity contribution is -0.143. The topological polar surface area (TPSA) is 301 Å². The molecule has 7 atom stereocenters. The van der Waals surface area contributed by atoms with Crippen molar-refractivity contribution in [1.29, 1.82) is 0 Å². The number of unbranched alkanes of at least 4 members (excludes halogenated alkanes) is 2. The fraction of sp³-hybridized carbons (Fsp3) is 0.471. The van der Waals surface area contributed by atoms with Crippen molar-refractivity contribution in [2.75, 3.05) is 20.6 Å². The molecule has 0 aliphatic heterocycles. The molecule has 20 nitrogen and oxygen atoms in total. The molecule has 4 rings (SSSR count). The number of aliphatic carboxylic acids is 1. The summed E-state index contributed by atoms with van der Waals surface area (Å²) in [6.45, 7) is 6.77. The molecule has 0 saturated carbocycles. The van der Waals surface area contributed by atoms with E-state index in [2.05, 4.69) is 36.9 Å². The number of nitrogens with zero attached hydrogens (tertiary/aromatic N) is 1. The average Bonchev–Trinajstić information content (AvgIpc) is 3.73. The number of likely N-dealkylation sites (N-methyl/N-ethyl adjacent to an activating group) is 2. The number of carboxylic acids is 1. The number of phenolic OH excluding ortho intramolecular Hbond substituents is 1. The van der Waals surface area contributed by atoms with Crippen molar-refractivity contribution in [3.8, 4) is 5.75 Å². The zero-order valence-corrected chi connectivity index (χ0v) is 41.2. The number of carbonyl (C=O) groups excluding carboxylic acids is 6. The lowest BCUT2D eigenvalue weighted by Gasteiger charge is -2.32. The Bertz CT molecular complexity index is 2390. The van der Waals surface area contributed by atoms with Gasteiger partial charge in [-0.15, -0.1) is 0 Å². The lowest BCUT2D eigenvalue weighted by atomic mass is 10.00. The van der Waals surface area contributed by atoms with Gasteiger partial charge in [0.15, 0.2) is 6.23 Å². The monoisotopic (exact) mass is 987 g/mol. The normalized spacial score (nSPS) is 14.4. The molecule has 0 unspecified atom stereocenters. The van der Waals surface area contributed by atoms with Gasteiger partial charge in [-0.25, -0.2) is 4.79 Å². The zero-order chi connectivity index (χ0) is 52.3. The minimum Gasteiger partial charge on any atom is -0.508 e. The highest BCUT2D eigenvalue weighted by Crippen LogP contribution is 2.21. The van der Waals surface area contributed by atoms with E-state index in [9.17, 15) is 54.0 Å². The number of rotatable bonds is 27. The first-order valence-corrected chi connectivity index (χ1v) is 23.7. The van der Waals surface area contributed by atoms with Crippen molar-refractivity contribution in [2.45, 2.75) is 134 Å². The Balaban J connectivity index is 1.65. The number of benzene rings is 3. The van der Waals surface area contributed by atoms with Crippen LogP contribution in [0.5, 0.6) is 5.75 Å². The SMILES string of the molecule is CN[C@@H](Cc1ccccc1)C(=O)N(C)[C@@H](CCC(=O)O)C(=O)N[C@@H](Cc1ccc(O)cc1)C(=O)N[C@H](Cc1c[nH]c2ccccc12)C(=O)N[C@@H](CCCCCNC(=O)OC(C)(C)C)C(=O)N[C@H](O)[C@@H](C)O. The number of aromatic amines is 1. The summed E-state index contributed by atoms with van der Waals surface area (Å²) in [6, 6.07) is 16.0. The molecule has 20 heteroatoms. The fourth-order valence-electron chi connectivity index (χ4n) is 7.73. The van der Waals surface area contributed by atoms with Crippen LogP contribution in [0.1, 0.15) is 82.9 Å². The van der Waals surface area contributed by atoms with E-state index in [1.165, 1.54) is 38.2 Å². The third-order valence-corrected chi connectivity index (χ3v) is 11.6. The second-order valence-electron chi connectivity index (χ2n) is 18.5. The molecule has 6 amide bonds. The summed E-state index contributed by atoms with van der Waals surface area (Å²) < 4.78 is 5.27. The summed E-state index contributed by atoms with van der Waals surface area (Å²) >= 11 is 0. The van der Waals surface area contributed by atoms with Crippen molar-refractivity contribution in [2.24, 2.45) is 0 Å². The standard InChI is InChI=1S/C51H70N8O12/c1-31(60)44(64)58-45(65)38(19-11-8-14-26-53-50(70)71-51(2,3)4)55-47(67)40(29-34-30-54-37-18-13-12-17-36(34)37)56-46(66)39(27-33-20-22-35(61)23-21-33)57-48(68)42(24-25-43(62)63)59(6)49(69)41(52-5)28-32-15-9-7-10-16-32/h7,9-10,12-13,15-18,20-23,30-31,38-42,44,52,54,60-61,64H,8,11,14,19,24-29H2,1-6H3,(H,53,70)(H,55,67)(H,56,66)(H,57,68)(H,58,65)(H,62,63)/t31-,38+,39+,40-,41+,42+,44-/m1/s1. The zero-order valence-electron chi connectivity index (χ0n) is 41.2. The number of carboxylic acid groups (broad SMARTS) is 1. The maximum atomic E-state index is 14.7. The molecule has 11 N–H and O–H groups in total. The number of fused-ring (bicyclic) bond motifs is 1. The predicted octanol–water partition coefficient (Wildman–Crippen LogP) is 2.54. The van der Waals surface area contributed by atoms with Gasteiger partial charge in [-0.2, -0.15) is 0 Å². The number of aliphatic hydroxyl groups is 2. The highest BCUT2D eigenvalue weighted by molar-refractivity contribution is 5.97. The van der Waals surface area contributed by atoms with Gasteiger partial charge in [-0.1, -0.05) is 73.5 Å². The van der Waals surface area contributed by atoms with Crippen molar-refractivity contribution in [1.82, 2.24) is 41.8 Å². The first-order valence-electron chi connectivity index (χ1n) is 23.7. The molecule has 0 aliphatic rings. The van der Waals surface area contributed by atoms with E-state index in [0.29, 0.717) is 30.4 Å². The van der Waals surface area contributed by atoms with Crippen LogP contribution >= 0.6 is 0 Å². The highest BCUT2D eigenvalue weighted by Gasteiger charge is 2.36. The molecule has 0 bridgehead atoms. The Kier molecular flexibility index (Phi) is 21.8. The van der Waals surface area contributed by atoms with E-state index in [1.54, 1.807) is 40.1 Å². The van der Waals surface area contributed by atoms with Gasteiger partial charge in [0.2, 0.25) is 29.5 Å². The number of nitrogens with one attached hydrogen (secondary N) is 7. The van der Waals surface area contributed by atoms with Gasteiger partial charge >= 0.3 is 12.1 Å². The molecule has 0 fully saturated rings. The number of hydrogen-bond donors (Lipinski definition) is 11. The van der Waals surface area contributed by atoms with E-state index in [4.69, 9.17) is 4.74 Å². The number of amides is 6. The predicted molar refractivity (Wildman–Crippen MR) is 265 cm³/mol. The van der Waals surface area contributed by atoms with E-state index >= 15 is 0 Å². The summed E-state index contributed by atoms with van der Waals surface area (Å²) in [5.74, 6) is -5.10. The number of hydrogen-bond acceptors (Lipinski definition) is 12. The maximum Gasteiger partial charge on any atom is 0.407 e. The van der Waals surface area contributed by atoms with Gasteiger partial charge in [0.05, 0.1) is 12.1 Å². The number of aromatic hydroxyl groups is 1. The smallest absolute Gasteiger partial charge is 0.407 e. The Morgan fingerprint density at radius 2 is 1.27 bits per heavy atom. The first-order chi connectivity index (χ1) is 33.6. The number of aromatic nitrogens is 1. The van der Waals surface area contributed by atoms with Crippen molar-refractivity contribution in [3.05, 3.63) is 102 Å². The van der Waals surface area contributed by atoms with Gasteiger partial charge in [0, 0.05) is 50.0 Å². The number of H-pyrrole nitrogens is 1. The molecule has 3 aromatic carbocycles. The van der Waals surface area contributed by atoms with Crippen LogP contribution in [0.3, 0.4) is 0 Å². The van der Waals surface area contributed by atoms with Crippen LogP contribution in [0, 0.1) is 0 Å². The van der Waals surface area contributed by atoms with Crippen molar-refractivity contribution >= 4 is 52.5 Å². The summed E-state index contributed by atoms with van der Waals surface area (Å²) in [7, 11) is 2.98. The average molecular weight is 987 g/mol. The van der Waals surface area contributed by atoms with Crippen LogP contribution in [0.2, 0.25) is 0 Å². The van der Waals surface area contributed by atoms with Crippen LogP contribution in [0.25, 0.3) is 10.9 Å². The number of para-hydroxylation sites is 1. The third kappa shape index (κ3) is 18.7. The summed E-state index contributed by atoms with van der Waals surface area (Å²) in [5, 5.41) is 57.0. The van der Waals surface area contributed by atoms with Crippen molar-refractivity contribution < 1.29 is 58.7 Å². The number of carbonyl (C=O) groups is 7. The fourth-order valence-corrected chi connectivity index (χ4v) is 7.73. The first kappa shape index (κ1) is 56.6. The molecule has 0 aliphatic carbocycles. The second-order valence-corrected chi connectivity index (χ2v) is 18.5. The molecule has 4 aromatic rings. The Morgan fingerprint density at radius 3 is 1.90 bits per heavy atom. The van der Waals surface area contributed by atoms with Crippen LogP contribution in [0.4, 0.5) is 4.79 Å². The minimum atomic E-state index is -1.67. The minimum absolute atomic E-state index is 0.0492. The quantitative estimate of drug-likeness (QED) is 0.0303. The Labute approximate surface area is 413 Å². The number of aliphatic hydroxyl groups excluding tert-OH is 2. The Morgan fingerprint density at radius 1 is 0.690 bits per heavy atom. The summed E-state index contributed by atoms with van der Waals surface area (Å²) in [5.41, 5.74) is 2.00.